The summed E-state index contributed by atoms with van der Waals surface area (Å²) in [5.74, 6) is 0.734. The van der Waals surface area contributed by atoms with Crippen molar-refractivity contribution in [3.8, 4) is 5.75 Å². The number of ether oxygens (including phenoxy) is 1. The van der Waals surface area contributed by atoms with Crippen LogP contribution in [0.3, 0.4) is 0 Å². The Morgan fingerprint density at radius 2 is 1.95 bits per heavy atom. The Bertz CT molecular complexity index is 597. The number of anilines is 1. The van der Waals surface area contributed by atoms with Crippen LogP contribution in [0.1, 0.15) is 11.1 Å². The van der Waals surface area contributed by atoms with Gasteiger partial charge in [-0.3, -0.25) is 0 Å². The molecule has 0 bridgehead atoms. The van der Waals surface area contributed by atoms with Crippen LogP contribution >= 0.6 is 0 Å². The first-order valence-electron chi connectivity index (χ1n) is 6.43. The molecule has 0 aromatic heterocycles. The van der Waals surface area contributed by atoms with Crippen molar-refractivity contribution in [1.82, 2.24) is 0 Å². The van der Waals surface area contributed by atoms with E-state index in [4.69, 9.17) is 4.74 Å². The second kappa shape index (κ2) is 4.92. The van der Waals surface area contributed by atoms with Gasteiger partial charge in [0, 0.05) is 13.1 Å². The van der Waals surface area contributed by atoms with E-state index in [-0.39, 0.29) is 5.82 Å². The molecule has 1 heterocycles. The molecule has 0 atom stereocenters. The van der Waals surface area contributed by atoms with Crippen molar-refractivity contribution in [3.63, 3.8) is 0 Å². The molecule has 2 nitrogen and oxygen atoms in total. The van der Waals surface area contributed by atoms with E-state index in [0.29, 0.717) is 5.69 Å². The zero-order valence-corrected chi connectivity index (χ0v) is 10.9. The lowest BCUT2D eigenvalue weighted by atomic mass is 9.99. The smallest absolute Gasteiger partial charge is 0.146 e. The van der Waals surface area contributed by atoms with Crippen LogP contribution in [-0.4, -0.2) is 13.7 Å². The molecule has 0 amide bonds. The molecular formula is C16H16FNO. The van der Waals surface area contributed by atoms with Crippen molar-refractivity contribution in [2.75, 3.05) is 18.6 Å². The molecule has 0 unspecified atom stereocenters. The van der Waals surface area contributed by atoms with Crippen LogP contribution in [0.25, 0.3) is 0 Å². The number of nitrogens with zero attached hydrogens (tertiary/aromatic N) is 1. The SMILES string of the molecule is COc1ccc2c(c1)CCN(c1ccccc1F)C2. The first kappa shape index (κ1) is 12.0. The van der Waals surface area contributed by atoms with Gasteiger partial charge in [-0.25, -0.2) is 4.39 Å². The maximum absolute atomic E-state index is 13.8. The van der Waals surface area contributed by atoms with Gasteiger partial charge in [-0.2, -0.15) is 0 Å². The molecule has 3 rings (SSSR count). The molecular weight excluding hydrogens is 241 g/mol. The topological polar surface area (TPSA) is 12.5 Å². The Kier molecular flexibility index (Phi) is 3.11. The van der Waals surface area contributed by atoms with Crippen LogP contribution in [-0.2, 0) is 13.0 Å². The number of benzene rings is 2. The van der Waals surface area contributed by atoms with Gasteiger partial charge in [-0.1, -0.05) is 18.2 Å². The third-order valence-corrected chi connectivity index (χ3v) is 3.62. The van der Waals surface area contributed by atoms with Crippen molar-refractivity contribution < 1.29 is 9.13 Å². The minimum Gasteiger partial charge on any atom is -0.497 e. The summed E-state index contributed by atoms with van der Waals surface area (Å²) in [4.78, 5) is 2.09. The lowest BCUT2D eigenvalue weighted by Crippen LogP contribution is -2.30. The first-order chi connectivity index (χ1) is 9.28. The fraction of sp³-hybridized carbons (Fsp3) is 0.250. The van der Waals surface area contributed by atoms with Gasteiger partial charge >= 0.3 is 0 Å². The van der Waals surface area contributed by atoms with E-state index >= 15 is 0 Å². The standard InChI is InChI=1S/C16H16FNO/c1-19-14-7-6-13-11-18(9-8-12(13)10-14)16-5-3-2-4-15(16)17/h2-7,10H,8-9,11H2,1H3. The third-order valence-electron chi connectivity index (χ3n) is 3.62. The molecule has 3 heteroatoms. The maximum Gasteiger partial charge on any atom is 0.146 e. The number of para-hydroxylation sites is 1. The van der Waals surface area contributed by atoms with Crippen molar-refractivity contribution in [3.05, 3.63) is 59.4 Å². The van der Waals surface area contributed by atoms with Gasteiger partial charge in [-0.15, -0.1) is 0 Å². The van der Waals surface area contributed by atoms with Crippen LogP contribution in [0.5, 0.6) is 5.75 Å². The van der Waals surface area contributed by atoms with Crippen molar-refractivity contribution in [2.24, 2.45) is 0 Å². The average molecular weight is 257 g/mol. The third kappa shape index (κ3) is 2.28. The fourth-order valence-corrected chi connectivity index (χ4v) is 2.57. The summed E-state index contributed by atoms with van der Waals surface area (Å²) in [6.07, 6.45) is 0.918. The fourth-order valence-electron chi connectivity index (χ4n) is 2.57. The van der Waals surface area contributed by atoms with Crippen LogP contribution < -0.4 is 9.64 Å². The Balaban J connectivity index is 1.88. The Labute approximate surface area is 112 Å². The number of halogens is 1. The van der Waals surface area contributed by atoms with E-state index < -0.39 is 0 Å². The summed E-state index contributed by atoms with van der Waals surface area (Å²) in [5.41, 5.74) is 3.23. The van der Waals surface area contributed by atoms with Gasteiger partial charge in [0.25, 0.3) is 0 Å². The number of hydrogen-bond acceptors (Lipinski definition) is 2. The van der Waals surface area contributed by atoms with E-state index in [1.807, 2.05) is 18.2 Å². The van der Waals surface area contributed by atoms with Crippen molar-refractivity contribution in [1.29, 1.82) is 0 Å². The molecule has 0 N–H and O–H groups in total. The van der Waals surface area contributed by atoms with Gasteiger partial charge in [0.05, 0.1) is 12.8 Å². The zero-order chi connectivity index (χ0) is 13.2. The second-order valence-electron chi connectivity index (χ2n) is 4.76. The Hall–Kier alpha value is -2.03. The number of methoxy groups -OCH3 is 1. The normalized spacial score (nSPS) is 14.1. The van der Waals surface area contributed by atoms with Gasteiger partial charge in [0.15, 0.2) is 0 Å². The predicted molar refractivity (Wildman–Crippen MR) is 74.1 cm³/mol. The highest BCUT2D eigenvalue weighted by Crippen LogP contribution is 2.28. The summed E-state index contributed by atoms with van der Waals surface area (Å²) in [6.45, 7) is 1.58. The van der Waals surface area contributed by atoms with Gasteiger partial charge in [0.1, 0.15) is 11.6 Å². The molecule has 1 aliphatic rings. The minimum atomic E-state index is -0.153. The molecule has 1 aliphatic heterocycles. The molecule has 2 aromatic carbocycles. The number of hydrogen-bond donors (Lipinski definition) is 0. The van der Waals surface area contributed by atoms with Crippen LogP contribution in [0.2, 0.25) is 0 Å². The van der Waals surface area contributed by atoms with Gasteiger partial charge in [0.2, 0.25) is 0 Å². The molecule has 0 saturated carbocycles. The number of fused-ring (bicyclic) bond motifs is 1. The minimum absolute atomic E-state index is 0.153. The quantitative estimate of drug-likeness (QED) is 0.817. The summed E-state index contributed by atoms with van der Waals surface area (Å²) >= 11 is 0. The predicted octanol–water partition coefficient (Wildman–Crippen LogP) is 3.40. The molecule has 2 aromatic rings. The lowest BCUT2D eigenvalue weighted by Gasteiger charge is -2.31. The molecule has 0 spiro atoms. The highest BCUT2D eigenvalue weighted by molar-refractivity contribution is 5.51. The molecule has 19 heavy (non-hydrogen) atoms. The van der Waals surface area contributed by atoms with Crippen molar-refractivity contribution in [2.45, 2.75) is 13.0 Å². The summed E-state index contributed by atoms with van der Waals surface area (Å²) in [5, 5.41) is 0. The van der Waals surface area contributed by atoms with E-state index in [9.17, 15) is 4.39 Å². The monoisotopic (exact) mass is 257 g/mol. The molecule has 0 radical (unpaired) electrons. The average Bonchev–Trinajstić information content (AvgIpc) is 2.46. The van der Waals surface area contributed by atoms with E-state index in [0.717, 1.165) is 25.3 Å². The maximum atomic E-state index is 13.8. The van der Waals surface area contributed by atoms with E-state index in [2.05, 4.69) is 17.0 Å². The summed E-state index contributed by atoms with van der Waals surface area (Å²) in [6, 6.07) is 13.1. The second-order valence-corrected chi connectivity index (χ2v) is 4.76. The molecule has 98 valence electrons. The molecule has 0 aliphatic carbocycles. The molecule has 0 saturated heterocycles. The zero-order valence-electron chi connectivity index (χ0n) is 10.9. The largest absolute Gasteiger partial charge is 0.497 e. The van der Waals surface area contributed by atoms with Crippen LogP contribution in [0.4, 0.5) is 10.1 Å². The van der Waals surface area contributed by atoms with Crippen LogP contribution in [0, 0.1) is 5.82 Å². The Morgan fingerprint density at radius 1 is 1.11 bits per heavy atom. The van der Waals surface area contributed by atoms with E-state index in [1.54, 1.807) is 13.2 Å². The summed E-state index contributed by atoms with van der Waals surface area (Å²) < 4.78 is 19.0. The van der Waals surface area contributed by atoms with E-state index in [1.165, 1.54) is 17.2 Å². The van der Waals surface area contributed by atoms with Crippen LogP contribution in [0.15, 0.2) is 42.5 Å². The summed E-state index contributed by atoms with van der Waals surface area (Å²) in [7, 11) is 1.68. The highest BCUT2D eigenvalue weighted by atomic mass is 19.1. The highest BCUT2D eigenvalue weighted by Gasteiger charge is 2.18. The lowest BCUT2D eigenvalue weighted by molar-refractivity contribution is 0.413. The van der Waals surface area contributed by atoms with Gasteiger partial charge < -0.3 is 9.64 Å². The van der Waals surface area contributed by atoms with Crippen molar-refractivity contribution >= 4 is 5.69 Å². The number of rotatable bonds is 2. The molecule has 0 fully saturated rings. The Morgan fingerprint density at radius 3 is 2.74 bits per heavy atom. The van der Waals surface area contributed by atoms with Gasteiger partial charge in [-0.05, 0) is 41.8 Å². The first-order valence-corrected chi connectivity index (χ1v) is 6.43.